The van der Waals surface area contributed by atoms with Gasteiger partial charge in [0.2, 0.25) is 0 Å². The lowest BCUT2D eigenvalue weighted by Crippen LogP contribution is -2.35. The van der Waals surface area contributed by atoms with E-state index in [4.69, 9.17) is 4.74 Å². The lowest BCUT2D eigenvalue weighted by atomic mass is 10.0. The summed E-state index contributed by atoms with van der Waals surface area (Å²) in [7, 11) is 1.68. The van der Waals surface area contributed by atoms with E-state index in [1.54, 1.807) is 7.11 Å². The maximum atomic E-state index is 5.16. The molecule has 104 valence electrons. The van der Waals surface area contributed by atoms with Crippen LogP contribution in [0, 0.1) is 0 Å². The van der Waals surface area contributed by atoms with Gasteiger partial charge in [-0.25, -0.2) is 10.9 Å². The fourth-order valence-electron chi connectivity index (χ4n) is 2.44. The van der Waals surface area contributed by atoms with Crippen molar-refractivity contribution in [3.05, 3.63) is 60.2 Å². The first-order chi connectivity index (χ1) is 9.85. The molecule has 2 atom stereocenters. The summed E-state index contributed by atoms with van der Waals surface area (Å²) in [5, 5.41) is 3.46. The average molecular weight is 269 g/mol. The van der Waals surface area contributed by atoms with Crippen LogP contribution in [-0.4, -0.2) is 13.3 Å². The second kappa shape index (κ2) is 5.94. The van der Waals surface area contributed by atoms with Gasteiger partial charge in [0.15, 0.2) is 0 Å². The first-order valence-electron chi connectivity index (χ1n) is 6.82. The predicted octanol–water partition coefficient (Wildman–Crippen LogP) is 2.67. The monoisotopic (exact) mass is 269 g/mol. The summed E-state index contributed by atoms with van der Waals surface area (Å²) in [6.07, 6.45) is 1.21. The van der Waals surface area contributed by atoms with Gasteiger partial charge in [-0.15, -0.1) is 0 Å². The molecule has 2 unspecified atom stereocenters. The number of rotatable bonds is 4. The van der Waals surface area contributed by atoms with Crippen molar-refractivity contribution in [1.82, 2.24) is 10.9 Å². The highest BCUT2D eigenvalue weighted by molar-refractivity contribution is 5.47. The van der Waals surface area contributed by atoms with Gasteiger partial charge in [0, 0.05) is 18.2 Å². The van der Waals surface area contributed by atoms with Crippen LogP contribution >= 0.6 is 0 Å². The molecule has 1 aliphatic heterocycles. The highest BCUT2D eigenvalue weighted by Crippen LogP contribution is 2.23. The third-order valence-corrected chi connectivity index (χ3v) is 3.54. The third kappa shape index (κ3) is 2.92. The molecule has 2 aromatic carbocycles. The molecule has 0 aromatic heterocycles. The van der Waals surface area contributed by atoms with Crippen molar-refractivity contribution >= 4 is 5.69 Å². The van der Waals surface area contributed by atoms with Crippen molar-refractivity contribution in [2.45, 2.75) is 18.6 Å². The van der Waals surface area contributed by atoms with Gasteiger partial charge in [0.1, 0.15) is 5.75 Å². The highest BCUT2D eigenvalue weighted by Gasteiger charge is 2.24. The Kier molecular flexibility index (Phi) is 3.85. The van der Waals surface area contributed by atoms with Gasteiger partial charge in [0.05, 0.1) is 13.3 Å². The fraction of sp³-hybridized carbons (Fsp3) is 0.250. The van der Waals surface area contributed by atoms with Crippen molar-refractivity contribution in [3.8, 4) is 5.75 Å². The summed E-state index contributed by atoms with van der Waals surface area (Å²) in [6.45, 7) is 0. The first-order valence-corrected chi connectivity index (χ1v) is 6.82. The van der Waals surface area contributed by atoms with E-state index < -0.39 is 0 Å². The number of hydrogen-bond acceptors (Lipinski definition) is 4. The van der Waals surface area contributed by atoms with E-state index in [2.05, 4.69) is 40.4 Å². The van der Waals surface area contributed by atoms with Crippen LogP contribution in [0.5, 0.6) is 5.75 Å². The standard InChI is InChI=1S/C16H19N3O/c1-20-14-9-7-13(8-10-14)17-16-11-15(18-19-16)12-5-3-2-4-6-12/h2-10,15-19H,11H2,1H3. The number of benzene rings is 2. The zero-order valence-corrected chi connectivity index (χ0v) is 11.5. The van der Waals surface area contributed by atoms with Crippen molar-refractivity contribution in [2.75, 3.05) is 12.4 Å². The molecule has 0 aliphatic carbocycles. The molecule has 1 aliphatic rings. The molecule has 1 saturated heterocycles. The van der Waals surface area contributed by atoms with Crippen LogP contribution in [-0.2, 0) is 0 Å². The van der Waals surface area contributed by atoms with E-state index >= 15 is 0 Å². The number of hydrazine groups is 1. The Morgan fingerprint density at radius 2 is 1.75 bits per heavy atom. The lowest BCUT2D eigenvalue weighted by Gasteiger charge is -2.14. The molecule has 0 radical (unpaired) electrons. The third-order valence-electron chi connectivity index (χ3n) is 3.54. The van der Waals surface area contributed by atoms with E-state index in [0.29, 0.717) is 6.04 Å². The van der Waals surface area contributed by atoms with Gasteiger partial charge in [-0.1, -0.05) is 30.3 Å². The summed E-state index contributed by atoms with van der Waals surface area (Å²) in [5.74, 6) is 0.871. The topological polar surface area (TPSA) is 45.3 Å². The molecular formula is C16H19N3O. The maximum absolute atomic E-state index is 5.16. The zero-order valence-electron chi connectivity index (χ0n) is 11.5. The van der Waals surface area contributed by atoms with Gasteiger partial charge < -0.3 is 10.1 Å². The summed E-state index contributed by atoms with van der Waals surface area (Å²) >= 11 is 0. The smallest absolute Gasteiger partial charge is 0.119 e. The summed E-state index contributed by atoms with van der Waals surface area (Å²) in [4.78, 5) is 0. The van der Waals surface area contributed by atoms with E-state index in [9.17, 15) is 0 Å². The predicted molar refractivity (Wildman–Crippen MR) is 80.5 cm³/mol. The Morgan fingerprint density at radius 1 is 1.00 bits per heavy atom. The van der Waals surface area contributed by atoms with Crippen molar-refractivity contribution in [2.24, 2.45) is 0 Å². The van der Waals surface area contributed by atoms with Gasteiger partial charge in [0.25, 0.3) is 0 Å². The zero-order chi connectivity index (χ0) is 13.8. The Labute approximate surface area is 119 Å². The number of hydrogen-bond donors (Lipinski definition) is 3. The number of anilines is 1. The molecule has 20 heavy (non-hydrogen) atoms. The average Bonchev–Trinajstić information content (AvgIpc) is 2.97. The van der Waals surface area contributed by atoms with Crippen LogP contribution in [0.4, 0.5) is 5.69 Å². The SMILES string of the molecule is COc1ccc(NC2CC(c3ccccc3)NN2)cc1. The number of methoxy groups -OCH3 is 1. The normalized spacial score (nSPS) is 21.6. The molecule has 4 nitrogen and oxygen atoms in total. The second-order valence-electron chi connectivity index (χ2n) is 4.91. The fourth-order valence-corrected chi connectivity index (χ4v) is 2.44. The Hall–Kier alpha value is -2.04. The van der Waals surface area contributed by atoms with Gasteiger partial charge in [-0.3, -0.25) is 0 Å². The summed E-state index contributed by atoms with van der Waals surface area (Å²) in [6, 6.07) is 18.8. The van der Waals surface area contributed by atoms with Gasteiger partial charge in [-0.05, 0) is 29.8 Å². The molecule has 0 saturated carbocycles. The lowest BCUT2D eigenvalue weighted by molar-refractivity contribution is 0.415. The molecule has 0 amide bonds. The molecule has 3 rings (SSSR count). The second-order valence-corrected chi connectivity index (χ2v) is 4.91. The Morgan fingerprint density at radius 3 is 2.45 bits per heavy atom. The van der Waals surface area contributed by atoms with E-state index in [-0.39, 0.29) is 6.17 Å². The van der Waals surface area contributed by atoms with E-state index in [1.807, 2.05) is 30.3 Å². The molecule has 2 aromatic rings. The van der Waals surface area contributed by atoms with Crippen LogP contribution in [0.15, 0.2) is 54.6 Å². The largest absolute Gasteiger partial charge is 0.497 e. The minimum Gasteiger partial charge on any atom is -0.497 e. The van der Waals surface area contributed by atoms with E-state index in [1.165, 1.54) is 5.56 Å². The number of ether oxygens (including phenoxy) is 1. The van der Waals surface area contributed by atoms with Crippen molar-refractivity contribution in [3.63, 3.8) is 0 Å². The minimum absolute atomic E-state index is 0.216. The molecule has 3 N–H and O–H groups in total. The summed E-state index contributed by atoms with van der Waals surface area (Å²) in [5.41, 5.74) is 9.01. The number of nitrogens with one attached hydrogen (secondary N) is 3. The van der Waals surface area contributed by atoms with Crippen LogP contribution in [0.3, 0.4) is 0 Å². The first kappa shape index (κ1) is 13.0. The molecule has 0 bridgehead atoms. The van der Waals surface area contributed by atoms with Gasteiger partial charge in [-0.2, -0.15) is 0 Å². The molecule has 1 fully saturated rings. The van der Waals surface area contributed by atoms with Crippen molar-refractivity contribution in [1.29, 1.82) is 0 Å². The van der Waals surface area contributed by atoms with Crippen LogP contribution in [0.2, 0.25) is 0 Å². The van der Waals surface area contributed by atoms with Gasteiger partial charge >= 0.3 is 0 Å². The van der Waals surface area contributed by atoms with Crippen LogP contribution in [0.25, 0.3) is 0 Å². The minimum atomic E-state index is 0.216. The Bertz CT molecular complexity index is 541. The quantitative estimate of drug-likeness (QED) is 0.798. The highest BCUT2D eigenvalue weighted by atomic mass is 16.5. The maximum Gasteiger partial charge on any atom is 0.119 e. The van der Waals surface area contributed by atoms with Crippen molar-refractivity contribution < 1.29 is 4.74 Å². The molecule has 1 heterocycles. The summed E-state index contributed by atoms with van der Waals surface area (Å²) < 4.78 is 5.16. The molecule has 4 heteroatoms. The van der Waals surface area contributed by atoms with Crippen LogP contribution < -0.4 is 20.9 Å². The Balaban J connectivity index is 1.60. The molecule has 0 spiro atoms. The van der Waals surface area contributed by atoms with E-state index in [0.717, 1.165) is 17.9 Å². The van der Waals surface area contributed by atoms with Crippen LogP contribution in [0.1, 0.15) is 18.0 Å². The molecular weight excluding hydrogens is 250 g/mol.